The van der Waals surface area contributed by atoms with Crippen molar-refractivity contribution in [1.82, 2.24) is 5.32 Å². The molecule has 3 nitrogen and oxygen atoms in total. The second-order valence-electron chi connectivity index (χ2n) is 4.32. The SMILES string of the molecule is CCC(=O)C(c1ccccc1)C1CNCCO1. The van der Waals surface area contributed by atoms with Gasteiger partial charge in [-0.3, -0.25) is 4.79 Å². The maximum Gasteiger partial charge on any atom is 0.142 e. The monoisotopic (exact) mass is 233 g/mol. The van der Waals surface area contributed by atoms with Crippen LogP contribution in [0.1, 0.15) is 24.8 Å². The molecule has 0 amide bonds. The van der Waals surface area contributed by atoms with Gasteiger partial charge in [-0.15, -0.1) is 0 Å². The summed E-state index contributed by atoms with van der Waals surface area (Å²) in [6.45, 7) is 4.23. The first kappa shape index (κ1) is 12.3. The Hall–Kier alpha value is -1.19. The summed E-state index contributed by atoms with van der Waals surface area (Å²) in [4.78, 5) is 12.1. The molecule has 0 bridgehead atoms. The molecule has 2 rings (SSSR count). The number of hydrogen-bond acceptors (Lipinski definition) is 3. The van der Waals surface area contributed by atoms with Crippen molar-refractivity contribution in [2.24, 2.45) is 0 Å². The zero-order valence-electron chi connectivity index (χ0n) is 10.2. The number of hydrogen-bond donors (Lipinski definition) is 1. The van der Waals surface area contributed by atoms with Crippen LogP contribution in [0.5, 0.6) is 0 Å². The molecular weight excluding hydrogens is 214 g/mol. The molecular formula is C14H19NO2. The Morgan fingerprint density at radius 3 is 2.82 bits per heavy atom. The van der Waals surface area contributed by atoms with Gasteiger partial charge in [0.25, 0.3) is 0 Å². The average Bonchev–Trinajstić information content (AvgIpc) is 2.41. The van der Waals surface area contributed by atoms with Crippen LogP contribution in [0.25, 0.3) is 0 Å². The third-order valence-electron chi connectivity index (χ3n) is 3.18. The van der Waals surface area contributed by atoms with Gasteiger partial charge < -0.3 is 10.1 Å². The molecule has 1 N–H and O–H groups in total. The Bertz CT molecular complexity index is 358. The standard InChI is InChI=1S/C14H19NO2/c1-2-12(16)14(11-6-4-3-5-7-11)13-10-15-8-9-17-13/h3-7,13-15H,2,8-10H2,1H3. The van der Waals surface area contributed by atoms with Crippen molar-refractivity contribution in [3.05, 3.63) is 35.9 Å². The molecule has 1 aromatic rings. The molecule has 1 fully saturated rings. The highest BCUT2D eigenvalue weighted by molar-refractivity contribution is 5.86. The van der Waals surface area contributed by atoms with Crippen molar-refractivity contribution in [3.63, 3.8) is 0 Å². The quantitative estimate of drug-likeness (QED) is 0.861. The molecule has 0 radical (unpaired) electrons. The van der Waals surface area contributed by atoms with E-state index >= 15 is 0 Å². The van der Waals surface area contributed by atoms with E-state index in [1.54, 1.807) is 0 Å². The van der Waals surface area contributed by atoms with Gasteiger partial charge in [-0.1, -0.05) is 37.3 Å². The van der Waals surface area contributed by atoms with E-state index in [9.17, 15) is 4.79 Å². The van der Waals surface area contributed by atoms with Crippen LogP contribution in [0, 0.1) is 0 Å². The maximum absolute atomic E-state index is 12.1. The fraction of sp³-hybridized carbons (Fsp3) is 0.500. The van der Waals surface area contributed by atoms with E-state index in [2.05, 4.69) is 5.32 Å². The zero-order chi connectivity index (χ0) is 12.1. The van der Waals surface area contributed by atoms with E-state index in [4.69, 9.17) is 4.74 Å². The van der Waals surface area contributed by atoms with Crippen LogP contribution in [0.15, 0.2) is 30.3 Å². The number of carbonyl (C=O) groups is 1. The Morgan fingerprint density at radius 1 is 1.47 bits per heavy atom. The second kappa shape index (κ2) is 5.94. The van der Waals surface area contributed by atoms with E-state index in [-0.39, 0.29) is 17.8 Å². The van der Waals surface area contributed by atoms with Gasteiger partial charge >= 0.3 is 0 Å². The van der Waals surface area contributed by atoms with E-state index in [0.717, 1.165) is 18.7 Å². The molecule has 0 saturated carbocycles. The first-order chi connectivity index (χ1) is 8.33. The van der Waals surface area contributed by atoms with E-state index < -0.39 is 0 Å². The van der Waals surface area contributed by atoms with Crippen LogP contribution in [0.2, 0.25) is 0 Å². The van der Waals surface area contributed by atoms with Crippen LogP contribution in [0.4, 0.5) is 0 Å². The smallest absolute Gasteiger partial charge is 0.142 e. The highest BCUT2D eigenvalue weighted by Gasteiger charge is 2.30. The summed E-state index contributed by atoms with van der Waals surface area (Å²) in [5, 5.41) is 3.29. The zero-order valence-corrected chi connectivity index (χ0v) is 10.2. The Kier molecular flexibility index (Phi) is 4.29. The summed E-state index contributed by atoms with van der Waals surface area (Å²) >= 11 is 0. The predicted molar refractivity (Wildman–Crippen MR) is 67.1 cm³/mol. The molecule has 2 atom stereocenters. The Morgan fingerprint density at radius 2 is 2.24 bits per heavy atom. The lowest BCUT2D eigenvalue weighted by Crippen LogP contribution is -2.43. The van der Waals surface area contributed by atoms with Crippen molar-refractivity contribution in [2.45, 2.75) is 25.4 Å². The van der Waals surface area contributed by atoms with Crippen molar-refractivity contribution in [2.75, 3.05) is 19.7 Å². The van der Waals surface area contributed by atoms with Gasteiger partial charge in [-0.2, -0.15) is 0 Å². The average molecular weight is 233 g/mol. The number of rotatable bonds is 4. The summed E-state index contributed by atoms with van der Waals surface area (Å²) < 4.78 is 5.73. The van der Waals surface area contributed by atoms with Gasteiger partial charge in [-0.25, -0.2) is 0 Å². The molecule has 2 unspecified atom stereocenters. The molecule has 1 saturated heterocycles. The van der Waals surface area contributed by atoms with Gasteiger partial charge in [0.2, 0.25) is 0 Å². The lowest BCUT2D eigenvalue weighted by atomic mass is 9.87. The number of benzene rings is 1. The maximum atomic E-state index is 12.1. The lowest BCUT2D eigenvalue weighted by molar-refractivity contribution is -0.124. The van der Waals surface area contributed by atoms with Crippen molar-refractivity contribution < 1.29 is 9.53 Å². The molecule has 0 spiro atoms. The summed E-state index contributed by atoms with van der Waals surface area (Å²) in [7, 11) is 0. The molecule has 1 heterocycles. The third kappa shape index (κ3) is 2.93. The topological polar surface area (TPSA) is 38.3 Å². The van der Waals surface area contributed by atoms with E-state index in [1.165, 1.54) is 0 Å². The first-order valence-corrected chi connectivity index (χ1v) is 6.23. The van der Waals surface area contributed by atoms with Gasteiger partial charge in [-0.05, 0) is 5.56 Å². The lowest BCUT2D eigenvalue weighted by Gasteiger charge is -2.30. The fourth-order valence-electron chi connectivity index (χ4n) is 2.29. The predicted octanol–water partition coefficient (Wildman–Crippen LogP) is 1.74. The molecule has 17 heavy (non-hydrogen) atoms. The molecule has 0 aliphatic carbocycles. The van der Waals surface area contributed by atoms with Gasteiger partial charge in [0.15, 0.2) is 0 Å². The fourth-order valence-corrected chi connectivity index (χ4v) is 2.29. The van der Waals surface area contributed by atoms with Crippen LogP contribution in [0.3, 0.4) is 0 Å². The van der Waals surface area contributed by atoms with Crippen LogP contribution < -0.4 is 5.32 Å². The van der Waals surface area contributed by atoms with Crippen molar-refractivity contribution in [1.29, 1.82) is 0 Å². The molecule has 0 aromatic heterocycles. The van der Waals surface area contributed by atoms with Gasteiger partial charge in [0.05, 0.1) is 18.6 Å². The van der Waals surface area contributed by atoms with Gasteiger partial charge in [0, 0.05) is 19.5 Å². The number of nitrogens with one attached hydrogen (secondary N) is 1. The molecule has 92 valence electrons. The summed E-state index contributed by atoms with van der Waals surface area (Å²) in [5.41, 5.74) is 1.06. The van der Waals surface area contributed by atoms with Crippen molar-refractivity contribution >= 4 is 5.78 Å². The number of ether oxygens (including phenoxy) is 1. The minimum Gasteiger partial charge on any atom is -0.374 e. The summed E-state index contributed by atoms with van der Waals surface area (Å²) in [5.74, 6) is 0.124. The molecule has 1 aliphatic heterocycles. The molecule has 1 aromatic carbocycles. The highest BCUT2D eigenvalue weighted by Crippen LogP contribution is 2.25. The minimum absolute atomic E-state index is 0.0291. The number of carbonyl (C=O) groups excluding carboxylic acids is 1. The number of morpholine rings is 1. The Balaban J connectivity index is 2.21. The van der Waals surface area contributed by atoms with Crippen LogP contribution in [-0.4, -0.2) is 31.6 Å². The second-order valence-corrected chi connectivity index (χ2v) is 4.32. The minimum atomic E-state index is -0.131. The molecule has 3 heteroatoms. The van der Waals surface area contributed by atoms with Crippen molar-refractivity contribution in [3.8, 4) is 0 Å². The largest absolute Gasteiger partial charge is 0.374 e. The van der Waals surface area contributed by atoms with Gasteiger partial charge in [0.1, 0.15) is 5.78 Å². The van der Waals surface area contributed by atoms with E-state index in [0.29, 0.717) is 13.0 Å². The highest BCUT2D eigenvalue weighted by atomic mass is 16.5. The van der Waals surface area contributed by atoms with Crippen LogP contribution in [-0.2, 0) is 9.53 Å². The van der Waals surface area contributed by atoms with E-state index in [1.807, 2.05) is 37.3 Å². The van der Waals surface area contributed by atoms with Crippen LogP contribution >= 0.6 is 0 Å². The normalized spacial score (nSPS) is 22.1. The first-order valence-electron chi connectivity index (χ1n) is 6.23. The summed E-state index contributed by atoms with van der Waals surface area (Å²) in [6, 6.07) is 9.94. The molecule has 1 aliphatic rings. The number of Topliss-reactive ketones (excluding diaryl/α,β-unsaturated/α-hetero) is 1. The Labute approximate surface area is 102 Å². The third-order valence-corrected chi connectivity index (χ3v) is 3.18. The summed E-state index contributed by atoms with van der Waals surface area (Å²) in [6.07, 6.45) is 0.526. The number of ketones is 1.